The van der Waals surface area contributed by atoms with Gasteiger partial charge in [0.1, 0.15) is 42.2 Å². The van der Waals surface area contributed by atoms with Crippen molar-refractivity contribution in [3.05, 3.63) is 70.5 Å². The number of aromatic nitrogens is 3. The van der Waals surface area contributed by atoms with E-state index in [-0.39, 0.29) is 5.82 Å². The topological polar surface area (TPSA) is 112 Å². The Morgan fingerprint density at radius 3 is 2.82 bits per heavy atom. The van der Waals surface area contributed by atoms with Gasteiger partial charge in [0.25, 0.3) is 0 Å². The number of benzene rings is 1. The van der Waals surface area contributed by atoms with Crippen LogP contribution in [0, 0.1) is 5.82 Å². The van der Waals surface area contributed by atoms with Crippen molar-refractivity contribution in [2.45, 2.75) is 44.6 Å². The van der Waals surface area contributed by atoms with Crippen molar-refractivity contribution in [3.63, 3.8) is 0 Å². The molecule has 1 aliphatic rings. The first kappa shape index (κ1) is 28.7. The standard InChI is InChI=1S/C28H34BrFN6O3/c29-24-18-31-19-33-27(24)35-25(28(37)38)12-15-36(16-17-39-23-10-7-21(30)8-11-23)14-2-1-5-22-9-6-20-4-3-13-32-26(20)34-22/h6-11,18-19,25H,1-5,12-17H2,(H,32,34)(H,37,38)(H,31,33,35). The van der Waals surface area contributed by atoms with Crippen molar-refractivity contribution < 1.29 is 19.0 Å². The predicted octanol–water partition coefficient (Wildman–Crippen LogP) is 4.79. The lowest BCUT2D eigenvalue weighted by Crippen LogP contribution is -2.37. The summed E-state index contributed by atoms with van der Waals surface area (Å²) in [6.07, 6.45) is 8.32. The number of pyridine rings is 1. The van der Waals surface area contributed by atoms with E-state index in [1.54, 1.807) is 18.3 Å². The van der Waals surface area contributed by atoms with Gasteiger partial charge in [0.15, 0.2) is 0 Å². The quantitative estimate of drug-likeness (QED) is 0.212. The Kier molecular flexibility index (Phi) is 10.8. The average molecular weight is 602 g/mol. The van der Waals surface area contributed by atoms with Crippen LogP contribution >= 0.6 is 15.9 Å². The number of hydrogen-bond donors (Lipinski definition) is 3. The van der Waals surface area contributed by atoms with Crippen molar-refractivity contribution in [1.82, 2.24) is 19.9 Å². The predicted molar refractivity (Wildman–Crippen MR) is 152 cm³/mol. The van der Waals surface area contributed by atoms with Crippen LogP contribution in [-0.4, -0.2) is 69.8 Å². The third-order valence-electron chi connectivity index (χ3n) is 6.61. The molecule has 0 radical (unpaired) electrons. The number of aliphatic carboxylic acids is 1. The molecule has 1 atom stereocenters. The van der Waals surface area contributed by atoms with Gasteiger partial charge in [0.2, 0.25) is 0 Å². The lowest BCUT2D eigenvalue weighted by molar-refractivity contribution is -0.138. The summed E-state index contributed by atoms with van der Waals surface area (Å²) in [7, 11) is 0. The number of ether oxygens (including phenoxy) is 1. The van der Waals surface area contributed by atoms with Gasteiger partial charge in [0, 0.05) is 31.5 Å². The zero-order chi connectivity index (χ0) is 27.5. The fraction of sp³-hybridized carbons (Fsp3) is 0.429. The van der Waals surface area contributed by atoms with Crippen molar-refractivity contribution in [3.8, 4) is 5.75 Å². The summed E-state index contributed by atoms with van der Waals surface area (Å²) in [6.45, 7) is 3.34. The smallest absolute Gasteiger partial charge is 0.326 e. The highest BCUT2D eigenvalue weighted by Gasteiger charge is 2.20. The van der Waals surface area contributed by atoms with Gasteiger partial charge < -0.3 is 20.5 Å². The largest absolute Gasteiger partial charge is 0.492 e. The molecule has 208 valence electrons. The molecule has 0 aliphatic carbocycles. The zero-order valence-electron chi connectivity index (χ0n) is 21.8. The number of carboxylic acids is 1. The molecule has 0 amide bonds. The van der Waals surface area contributed by atoms with Gasteiger partial charge >= 0.3 is 5.97 Å². The van der Waals surface area contributed by atoms with E-state index in [9.17, 15) is 14.3 Å². The van der Waals surface area contributed by atoms with E-state index in [1.807, 2.05) is 0 Å². The fourth-order valence-corrected chi connectivity index (χ4v) is 4.80. The first-order chi connectivity index (χ1) is 19.0. The zero-order valence-corrected chi connectivity index (χ0v) is 23.4. The molecular weight excluding hydrogens is 567 g/mol. The Morgan fingerprint density at radius 2 is 2.03 bits per heavy atom. The molecule has 1 aliphatic heterocycles. The normalized spacial score (nSPS) is 13.4. The molecule has 0 saturated carbocycles. The van der Waals surface area contributed by atoms with Gasteiger partial charge in [-0.2, -0.15) is 0 Å². The van der Waals surface area contributed by atoms with E-state index in [4.69, 9.17) is 9.72 Å². The maximum Gasteiger partial charge on any atom is 0.326 e. The summed E-state index contributed by atoms with van der Waals surface area (Å²) in [5.41, 5.74) is 2.37. The van der Waals surface area contributed by atoms with Crippen molar-refractivity contribution >= 4 is 33.5 Å². The Bertz CT molecular complexity index is 1220. The first-order valence-electron chi connectivity index (χ1n) is 13.3. The SMILES string of the molecule is O=C(O)C(CCN(CCCCc1ccc2c(n1)NCCC2)CCOc1ccc(F)cc1)Nc1ncncc1Br. The van der Waals surface area contributed by atoms with Crippen LogP contribution in [0.5, 0.6) is 5.75 Å². The molecule has 0 saturated heterocycles. The highest BCUT2D eigenvalue weighted by Crippen LogP contribution is 2.21. The number of nitrogens with one attached hydrogen (secondary N) is 2. The molecule has 4 rings (SSSR count). The van der Waals surface area contributed by atoms with Gasteiger partial charge in [-0.05, 0) is 96.9 Å². The number of aryl methyl sites for hydroxylation is 2. The van der Waals surface area contributed by atoms with Crippen molar-refractivity contribution in [1.29, 1.82) is 0 Å². The summed E-state index contributed by atoms with van der Waals surface area (Å²) in [5.74, 6) is 0.796. The summed E-state index contributed by atoms with van der Waals surface area (Å²) in [5, 5.41) is 16.2. The van der Waals surface area contributed by atoms with Crippen LogP contribution in [0.3, 0.4) is 0 Å². The number of rotatable bonds is 15. The lowest BCUT2D eigenvalue weighted by atomic mass is 10.1. The van der Waals surface area contributed by atoms with E-state index < -0.39 is 12.0 Å². The maximum atomic E-state index is 13.2. The molecule has 1 aromatic carbocycles. The molecular formula is C28H34BrFN6O3. The molecule has 0 fully saturated rings. The Morgan fingerprint density at radius 1 is 1.18 bits per heavy atom. The molecule has 3 aromatic rings. The molecule has 9 nitrogen and oxygen atoms in total. The van der Waals surface area contributed by atoms with Crippen LogP contribution in [0.4, 0.5) is 16.0 Å². The summed E-state index contributed by atoms with van der Waals surface area (Å²) >= 11 is 3.36. The minimum Gasteiger partial charge on any atom is -0.492 e. The summed E-state index contributed by atoms with van der Waals surface area (Å²) in [6, 6.07) is 9.42. The second-order valence-electron chi connectivity index (χ2n) is 9.48. The number of carbonyl (C=O) groups is 1. The maximum absolute atomic E-state index is 13.2. The van der Waals surface area contributed by atoms with Gasteiger partial charge in [-0.1, -0.05) is 6.07 Å². The molecule has 2 aromatic heterocycles. The third-order valence-corrected chi connectivity index (χ3v) is 7.19. The first-order valence-corrected chi connectivity index (χ1v) is 14.1. The van der Waals surface area contributed by atoms with Crippen LogP contribution in [0.1, 0.15) is 36.9 Å². The van der Waals surface area contributed by atoms with Crippen LogP contribution in [0.15, 0.2) is 53.4 Å². The molecule has 39 heavy (non-hydrogen) atoms. The van der Waals surface area contributed by atoms with Crippen LogP contribution in [0.25, 0.3) is 0 Å². The Hall–Kier alpha value is -3.31. The van der Waals surface area contributed by atoms with E-state index in [1.165, 1.54) is 24.0 Å². The minimum absolute atomic E-state index is 0.310. The number of carboxylic acid groups (broad SMARTS) is 1. The third kappa shape index (κ3) is 9.14. The average Bonchev–Trinajstić information content (AvgIpc) is 2.94. The van der Waals surface area contributed by atoms with Gasteiger partial charge in [-0.3, -0.25) is 4.90 Å². The van der Waals surface area contributed by atoms with Gasteiger partial charge in [-0.25, -0.2) is 24.1 Å². The van der Waals surface area contributed by atoms with Gasteiger partial charge in [0.05, 0.1) is 4.47 Å². The van der Waals surface area contributed by atoms with Crippen LogP contribution in [0.2, 0.25) is 0 Å². The second-order valence-corrected chi connectivity index (χ2v) is 10.3. The molecule has 11 heteroatoms. The number of fused-ring (bicyclic) bond motifs is 1. The number of unbranched alkanes of at least 4 members (excludes halogenated alkanes) is 1. The number of anilines is 2. The number of halogens is 2. The number of nitrogens with zero attached hydrogens (tertiary/aromatic N) is 4. The monoisotopic (exact) mass is 600 g/mol. The molecule has 3 heterocycles. The van der Waals surface area contributed by atoms with E-state index in [0.29, 0.717) is 42.2 Å². The number of hydrogen-bond acceptors (Lipinski definition) is 8. The Balaban J connectivity index is 1.30. The molecule has 0 bridgehead atoms. The minimum atomic E-state index is -0.949. The Labute approximate surface area is 236 Å². The van der Waals surface area contributed by atoms with E-state index >= 15 is 0 Å². The molecule has 0 spiro atoms. The van der Waals surface area contributed by atoms with E-state index in [0.717, 1.165) is 56.7 Å². The second kappa shape index (κ2) is 14.7. The van der Waals surface area contributed by atoms with E-state index in [2.05, 4.69) is 53.6 Å². The van der Waals surface area contributed by atoms with Crippen molar-refractivity contribution in [2.24, 2.45) is 0 Å². The highest BCUT2D eigenvalue weighted by molar-refractivity contribution is 9.10. The van der Waals surface area contributed by atoms with Crippen LogP contribution < -0.4 is 15.4 Å². The molecule has 3 N–H and O–H groups in total. The molecule has 1 unspecified atom stereocenters. The van der Waals surface area contributed by atoms with Crippen LogP contribution in [-0.2, 0) is 17.6 Å². The highest BCUT2D eigenvalue weighted by atomic mass is 79.9. The lowest BCUT2D eigenvalue weighted by Gasteiger charge is -2.25. The van der Waals surface area contributed by atoms with Crippen molar-refractivity contribution in [2.75, 3.05) is 43.4 Å². The fourth-order valence-electron chi connectivity index (χ4n) is 4.46. The summed E-state index contributed by atoms with van der Waals surface area (Å²) in [4.78, 5) is 27.0. The summed E-state index contributed by atoms with van der Waals surface area (Å²) < 4.78 is 19.6. The van der Waals surface area contributed by atoms with Gasteiger partial charge in [-0.15, -0.1) is 0 Å².